The lowest BCUT2D eigenvalue weighted by molar-refractivity contribution is -0.0966. The SMILES string of the molecule is Cn1cnc(CN2CC[C@](C)(O)[C@@H](Oc3ccccc3)C2)c1. The average Bonchev–Trinajstić information content (AvgIpc) is 2.89. The van der Waals surface area contributed by atoms with Crippen LogP contribution in [0.5, 0.6) is 5.75 Å². The van der Waals surface area contributed by atoms with Crippen LogP contribution in [0.1, 0.15) is 19.0 Å². The number of aromatic nitrogens is 2. The molecule has 0 aliphatic carbocycles. The average molecular weight is 301 g/mol. The van der Waals surface area contributed by atoms with Gasteiger partial charge in [-0.2, -0.15) is 0 Å². The van der Waals surface area contributed by atoms with E-state index in [0.29, 0.717) is 13.0 Å². The number of para-hydroxylation sites is 1. The van der Waals surface area contributed by atoms with Gasteiger partial charge in [0.1, 0.15) is 17.5 Å². The Morgan fingerprint density at radius 1 is 1.36 bits per heavy atom. The number of aryl methyl sites for hydroxylation is 1. The summed E-state index contributed by atoms with van der Waals surface area (Å²) in [6.07, 6.45) is 4.29. The molecule has 5 heteroatoms. The molecule has 0 bridgehead atoms. The molecule has 3 rings (SSSR count). The predicted molar refractivity (Wildman–Crippen MR) is 84.6 cm³/mol. The summed E-state index contributed by atoms with van der Waals surface area (Å²) >= 11 is 0. The van der Waals surface area contributed by atoms with Crippen LogP contribution in [0.3, 0.4) is 0 Å². The molecule has 1 aliphatic rings. The predicted octanol–water partition coefficient (Wildman–Crippen LogP) is 1.82. The number of hydrogen-bond donors (Lipinski definition) is 1. The fourth-order valence-electron chi connectivity index (χ4n) is 2.82. The Labute approximate surface area is 131 Å². The lowest BCUT2D eigenvalue weighted by Gasteiger charge is -2.42. The zero-order valence-electron chi connectivity index (χ0n) is 13.1. The molecular formula is C17H23N3O2. The van der Waals surface area contributed by atoms with Gasteiger partial charge in [0.15, 0.2) is 0 Å². The third kappa shape index (κ3) is 3.48. The van der Waals surface area contributed by atoms with Gasteiger partial charge < -0.3 is 14.4 Å². The number of rotatable bonds is 4. The normalized spacial score (nSPS) is 26.0. The van der Waals surface area contributed by atoms with Crippen LogP contribution in [0.4, 0.5) is 0 Å². The summed E-state index contributed by atoms with van der Waals surface area (Å²) in [6, 6.07) is 9.69. The van der Waals surface area contributed by atoms with Crippen molar-refractivity contribution in [2.45, 2.75) is 31.6 Å². The minimum absolute atomic E-state index is 0.243. The molecule has 0 saturated carbocycles. The largest absolute Gasteiger partial charge is 0.486 e. The van der Waals surface area contributed by atoms with Crippen LogP contribution < -0.4 is 4.74 Å². The first kappa shape index (κ1) is 15.1. The number of ether oxygens (including phenoxy) is 1. The molecule has 118 valence electrons. The zero-order chi connectivity index (χ0) is 15.6. The van der Waals surface area contributed by atoms with Gasteiger partial charge in [0, 0.05) is 32.9 Å². The van der Waals surface area contributed by atoms with Gasteiger partial charge in [0.2, 0.25) is 0 Å². The molecule has 1 fully saturated rings. The van der Waals surface area contributed by atoms with E-state index in [9.17, 15) is 5.11 Å². The second-order valence-corrected chi connectivity index (χ2v) is 6.29. The lowest BCUT2D eigenvalue weighted by Crippen LogP contribution is -2.56. The van der Waals surface area contributed by atoms with E-state index in [4.69, 9.17) is 4.74 Å². The molecule has 22 heavy (non-hydrogen) atoms. The first-order valence-electron chi connectivity index (χ1n) is 7.66. The first-order chi connectivity index (χ1) is 10.5. The Bertz CT molecular complexity index is 609. The highest BCUT2D eigenvalue weighted by Gasteiger charge is 2.39. The van der Waals surface area contributed by atoms with Gasteiger partial charge in [-0.25, -0.2) is 4.98 Å². The minimum Gasteiger partial charge on any atom is -0.486 e. The molecular weight excluding hydrogens is 278 g/mol. The second kappa shape index (κ2) is 6.10. The molecule has 1 saturated heterocycles. The van der Waals surface area contributed by atoms with Crippen LogP contribution in [0.15, 0.2) is 42.9 Å². The lowest BCUT2D eigenvalue weighted by atomic mass is 9.90. The maximum absolute atomic E-state index is 10.6. The third-order valence-corrected chi connectivity index (χ3v) is 4.22. The van der Waals surface area contributed by atoms with E-state index in [2.05, 4.69) is 9.88 Å². The second-order valence-electron chi connectivity index (χ2n) is 6.29. The van der Waals surface area contributed by atoms with E-state index < -0.39 is 5.60 Å². The zero-order valence-corrected chi connectivity index (χ0v) is 13.1. The van der Waals surface area contributed by atoms with Crippen LogP contribution in [0, 0.1) is 0 Å². The van der Waals surface area contributed by atoms with E-state index in [1.54, 1.807) is 0 Å². The molecule has 1 aromatic carbocycles. The third-order valence-electron chi connectivity index (χ3n) is 4.22. The summed E-state index contributed by atoms with van der Waals surface area (Å²) in [5.41, 5.74) is 0.235. The van der Waals surface area contributed by atoms with Crippen LogP contribution in [0.2, 0.25) is 0 Å². The summed E-state index contributed by atoms with van der Waals surface area (Å²) in [7, 11) is 1.97. The monoisotopic (exact) mass is 301 g/mol. The molecule has 0 unspecified atom stereocenters. The number of likely N-dealkylation sites (tertiary alicyclic amines) is 1. The highest BCUT2D eigenvalue weighted by Crippen LogP contribution is 2.27. The van der Waals surface area contributed by atoms with Crippen LogP contribution in [-0.2, 0) is 13.6 Å². The van der Waals surface area contributed by atoms with Crippen molar-refractivity contribution in [1.82, 2.24) is 14.5 Å². The van der Waals surface area contributed by atoms with Gasteiger partial charge in [0.25, 0.3) is 0 Å². The molecule has 2 atom stereocenters. The van der Waals surface area contributed by atoms with E-state index >= 15 is 0 Å². The number of nitrogens with zero attached hydrogens (tertiary/aromatic N) is 3. The number of piperidine rings is 1. The maximum atomic E-state index is 10.6. The highest BCUT2D eigenvalue weighted by molar-refractivity contribution is 5.22. The van der Waals surface area contributed by atoms with E-state index in [1.807, 2.05) is 61.4 Å². The van der Waals surface area contributed by atoms with Crippen molar-refractivity contribution in [2.24, 2.45) is 7.05 Å². The molecule has 2 aromatic rings. The fourth-order valence-corrected chi connectivity index (χ4v) is 2.82. The fraction of sp³-hybridized carbons (Fsp3) is 0.471. The van der Waals surface area contributed by atoms with Crippen LogP contribution in [-0.4, -0.2) is 44.4 Å². The molecule has 5 nitrogen and oxygen atoms in total. The Hall–Kier alpha value is -1.85. The van der Waals surface area contributed by atoms with Gasteiger partial charge in [-0.1, -0.05) is 18.2 Å². The van der Waals surface area contributed by atoms with Crippen LogP contribution >= 0.6 is 0 Å². The maximum Gasteiger partial charge on any atom is 0.140 e. The molecule has 0 spiro atoms. The Morgan fingerprint density at radius 2 is 2.14 bits per heavy atom. The van der Waals surface area contributed by atoms with E-state index in [0.717, 1.165) is 24.5 Å². The first-order valence-corrected chi connectivity index (χ1v) is 7.66. The Morgan fingerprint density at radius 3 is 2.82 bits per heavy atom. The highest BCUT2D eigenvalue weighted by atomic mass is 16.5. The van der Waals surface area contributed by atoms with Crippen LogP contribution in [0.25, 0.3) is 0 Å². The molecule has 1 aromatic heterocycles. The van der Waals surface area contributed by atoms with Crippen molar-refractivity contribution in [3.63, 3.8) is 0 Å². The summed E-state index contributed by atoms with van der Waals surface area (Å²) in [5.74, 6) is 0.799. The molecule has 1 aliphatic heterocycles. The Balaban J connectivity index is 1.67. The topological polar surface area (TPSA) is 50.5 Å². The molecule has 0 radical (unpaired) electrons. The van der Waals surface area contributed by atoms with E-state index in [1.165, 1.54) is 0 Å². The standard InChI is InChI=1S/C17H23N3O2/c1-17(21)8-9-20(11-14-10-19(2)13-18-14)12-16(17)22-15-6-4-3-5-7-15/h3-7,10,13,16,21H,8-9,11-12H2,1-2H3/t16-,17-/m0/s1. The van der Waals surface area contributed by atoms with Crippen molar-refractivity contribution < 1.29 is 9.84 Å². The van der Waals surface area contributed by atoms with Crippen molar-refractivity contribution in [1.29, 1.82) is 0 Å². The quantitative estimate of drug-likeness (QED) is 0.936. The summed E-state index contributed by atoms with van der Waals surface area (Å²) in [4.78, 5) is 6.66. The molecule has 0 amide bonds. The van der Waals surface area contributed by atoms with Crippen molar-refractivity contribution in [2.75, 3.05) is 13.1 Å². The summed E-state index contributed by atoms with van der Waals surface area (Å²) in [5, 5.41) is 10.6. The number of imidazole rings is 1. The van der Waals surface area contributed by atoms with Gasteiger partial charge in [-0.05, 0) is 25.5 Å². The van der Waals surface area contributed by atoms with Crippen molar-refractivity contribution in [3.8, 4) is 5.75 Å². The van der Waals surface area contributed by atoms with Crippen molar-refractivity contribution in [3.05, 3.63) is 48.5 Å². The van der Waals surface area contributed by atoms with Gasteiger partial charge >= 0.3 is 0 Å². The smallest absolute Gasteiger partial charge is 0.140 e. The number of benzene rings is 1. The number of aliphatic hydroxyl groups is 1. The van der Waals surface area contributed by atoms with E-state index in [-0.39, 0.29) is 6.10 Å². The molecule has 1 N–H and O–H groups in total. The van der Waals surface area contributed by atoms with Gasteiger partial charge in [-0.15, -0.1) is 0 Å². The number of hydrogen-bond acceptors (Lipinski definition) is 4. The molecule has 2 heterocycles. The minimum atomic E-state index is -0.809. The summed E-state index contributed by atoms with van der Waals surface area (Å²) in [6.45, 7) is 4.18. The van der Waals surface area contributed by atoms with Crippen molar-refractivity contribution >= 4 is 0 Å². The Kier molecular flexibility index (Phi) is 4.18. The van der Waals surface area contributed by atoms with Gasteiger partial charge in [0.05, 0.1) is 12.0 Å². The van der Waals surface area contributed by atoms with Gasteiger partial charge in [-0.3, -0.25) is 4.90 Å². The summed E-state index contributed by atoms with van der Waals surface area (Å²) < 4.78 is 7.98.